The molecule has 2 rings (SSSR count). The first kappa shape index (κ1) is 22.0. The van der Waals surface area contributed by atoms with Gasteiger partial charge in [0.2, 0.25) is 0 Å². The van der Waals surface area contributed by atoms with E-state index in [1.165, 1.54) is 51.7 Å². The number of hydrogen-bond acceptors (Lipinski definition) is 8. The number of ether oxygens (including phenoxy) is 4. The van der Waals surface area contributed by atoms with Crippen molar-refractivity contribution in [2.24, 2.45) is 0 Å². The van der Waals surface area contributed by atoms with Crippen LogP contribution in [-0.4, -0.2) is 44.7 Å². The normalized spacial score (nSPS) is 10.1. The summed E-state index contributed by atoms with van der Waals surface area (Å²) in [6.07, 6.45) is 0. The molecule has 1 amide bonds. The summed E-state index contributed by atoms with van der Waals surface area (Å²) in [5.74, 6) is -0.597. The lowest BCUT2D eigenvalue weighted by Crippen LogP contribution is -2.21. The summed E-state index contributed by atoms with van der Waals surface area (Å²) in [5.41, 5.74) is 0.205. The third-order valence-corrected chi connectivity index (χ3v) is 4.35. The SMILES string of the molecule is COc1cc(OC)c(C(=O)OCC(=O)Nc2ccc([N+](=O)[O-])cc2Br)cc1OC. The van der Waals surface area contributed by atoms with E-state index in [9.17, 15) is 19.7 Å². The van der Waals surface area contributed by atoms with Gasteiger partial charge in [-0.2, -0.15) is 0 Å². The van der Waals surface area contributed by atoms with Crippen LogP contribution in [0.4, 0.5) is 11.4 Å². The predicted octanol–water partition coefficient (Wildman–Crippen LogP) is 3.18. The summed E-state index contributed by atoms with van der Waals surface area (Å²) in [4.78, 5) is 34.6. The molecule has 0 unspecified atom stereocenters. The number of hydrogen-bond donors (Lipinski definition) is 1. The van der Waals surface area contributed by atoms with Crippen LogP contribution in [0.1, 0.15) is 10.4 Å². The highest BCUT2D eigenvalue weighted by atomic mass is 79.9. The standard InChI is InChI=1S/C18H17BrN2O8/c1-26-14-8-16(28-3)15(27-2)7-11(14)18(23)29-9-17(22)20-13-5-4-10(21(24)25)6-12(13)19/h4-8H,9H2,1-3H3,(H,20,22). The number of carbonyl (C=O) groups excluding carboxylic acids is 2. The molecule has 2 aromatic rings. The molecular formula is C18H17BrN2O8. The second-order valence-corrected chi connectivity index (χ2v) is 6.31. The molecule has 154 valence electrons. The Kier molecular flexibility index (Phi) is 7.37. The van der Waals surface area contributed by atoms with Gasteiger partial charge in [0.05, 0.1) is 31.9 Å². The van der Waals surface area contributed by atoms with Crippen LogP contribution in [0.25, 0.3) is 0 Å². The number of amides is 1. The van der Waals surface area contributed by atoms with E-state index in [0.29, 0.717) is 21.7 Å². The molecule has 0 aliphatic heterocycles. The molecule has 1 N–H and O–H groups in total. The second kappa shape index (κ2) is 9.73. The van der Waals surface area contributed by atoms with Crippen molar-refractivity contribution >= 4 is 39.2 Å². The Bertz CT molecular complexity index is 948. The largest absolute Gasteiger partial charge is 0.496 e. The Morgan fingerprint density at radius 3 is 2.21 bits per heavy atom. The number of non-ortho nitro benzene ring substituents is 1. The molecule has 0 atom stereocenters. The Balaban J connectivity index is 2.07. The highest BCUT2D eigenvalue weighted by Crippen LogP contribution is 2.35. The fourth-order valence-electron chi connectivity index (χ4n) is 2.30. The molecular weight excluding hydrogens is 452 g/mol. The number of nitrogens with one attached hydrogen (secondary N) is 1. The predicted molar refractivity (Wildman–Crippen MR) is 106 cm³/mol. The zero-order valence-electron chi connectivity index (χ0n) is 15.7. The summed E-state index contributed by atoms with van der Waals surface area (Å²) >= 11 is 3.14. The number of carbonyl (C=O) groups is 2. The molecule has 2 aromatic carbocycles. The van der Waals surface area contributed by atoms with Crippen molar-refractivity contribution in [3.8, 4) is 17.2 Å². The van der Waals surface area contributed by atoms with Crippen LogP contribution < -0.4 is 19.5 Å². The molecule has 10 nitrogen and oxygen atoms in total. The molecule has 0 aliphatic carbocycles. The summed E-state index contributed by atoms with van der Waals surface area (Å²) in [5, 5.41) is 13.2. The van der Waals surface area contributed by atoms with E-state index in [1.807, 2.05) is 0 Å². The minimum Gasteiger partial charge on any atom is -0.496 e. The van der Waals surface area contributed by atoms with Crippen LogP contribution in [0.15, 0.2) is 34.8 Å². The van der Waals surface area contributed by atoms with Gasteiger partial charge in [0.1, 0.15) is 11.3 Å². The fourth-order valence-corrected chi connectivity index (χ4v) is 2.77. The number of nitro groups is 1. The number of nitro benzene ring substituents is 1. The molecule has 0 radical (unpaired) electrons. The van der Waals surface area contributed by atoms with E-state index in [1.54, 1.807) is 0 Å². The summed E-state index contributed by atoms with van der Waals surface area (Å²) in [7, 11) is 4.22. The van der Waals surface area contributed by atoms with E-state index >= 15 is 0 Å². The Labute approximate surface area is 174 Å². The molecule has 0 saturated carbocycles. The van der Waals surface area contributed by atoms with Gasteiger partial charge in [-0.25, -0.2) is 4.79 Å². The van der Waals surface area contributed by atoms with Crippen molar-refractivity contribution in [2.75, 3.05) is 33.3 Å². The lowest BCUT2D eigenvalue weighted by Gasteiger charge is -2.13. The van der Waals surface area contributed by atoms with E-state index < -0.39 is 23.4 Å². The molecule has 0 aromatic heterocycles. The number of benzene rings is 2. The quantitative estimate of drug-likeness (QED) is 0.355. The van der Waals surface area contributed by atoms with E-state index in [2.05, 4.69) is 21.2 Å². The summed E-state index contributed by atoms with van der Waals surface area (Å²) < 4.78 is 20.8. The Hall–Kier alpha value is -3.34. The first-order valence-electron chi connectivity index (χ1n) is 8.01. The Morgan fingerprint density at radius 1 is 1.03 bits per heavy atom. The van der Waals surface area contributed by atoms with Crippen molar-refractivity contribution in [2.45, 2.75) is 0 Å². The van der Waals surface area contributed by atoms with Crippen molar-refractivity contribution in [3.05, 3.63) is 50.5 Å². The van der Waals surface area contributed by atoms with Crippen LogP contribution >= 0.6 is 15.9 Å². The lowest BCUT2D eigenvalue weighted by molar-refractivity contribution is -0.384. The van der Waals surface area contributed by atoms with Crippen LogP contribution in [-0.2, 0) is 9.53 Å². The van der Waals surface area contributed by atoms with Gasteiger partial charge >= 0.3 is 5.97 Å². The van der Waals surface area contributed by atoms with Crippen LogP contribution in [0.5, 0.6) is 17.2 Å². The van der Waals surface area contributed by atoms with Gasteiger partial charge in [0.25, 0.3) is 11.6 Å². The zero-order chi connectivity index (χ0) is 21.6. The van der Waals surface area contributed by atoms with Gasteiger partial charge in [-0.1, -0.05) is 0 Å². The van der Waals surface area contributed by atoms with Gasteiger partial charge in [0, 0.05) is 28.7 Å². The van der Waals surface area contributed by atoms with Gasteiger partial charge in [0.15, 0.2) is 18.1 Å². The second-order valence-electron chi connectivity index (χ2n) is 5.45. The molecule has 0 fully saturated rings. The highest BCUT2D eigenvalue weighted by Gasteiger charge is 2.20. The van der Waals surface area contributed by atoms with Gasteiger partial charge in [-0.05, 0) is 22.0 Å². The number of halogens is 1. The van der Waals surface area contributed by atoms with Crippen molar-refractivity contribution < 1.29 is 33.5 Å². The summed E-state index contributed by atoms with van der Waals surface area (Å²) in [6, 6.07) is 6.69. The zero-order valence-corrected chi connectivity index (χ0v) is 17.3. The monoisotopic (exact) mass is 468 g/mol. The minimum absolute atomic E-state index is 0.0504. The topological polar surface area (TPSA) is 126 Å². The average Bonchev–Trinajstić information content (AvgIpc) is 2.72. The number of nitrogens with zero attached hydrogens (tertiary/aromatic N) is 1. The van der Waals surface area contributed by atoms with E-state index in [-0.39, 0.29) is 17.0 Å². The molecule has 29 heavy (non-hydrogen) atoms. The van der Waals surface area contributed by atoms with Gasteiger partial charge < -0.3 is 24.3 Å². The molecule has 0 bridgehead atoms. The highest BCUT2D eigenvalue weighted by molar-refractivity contribution is 9.10. The van der Waals surface area contributed by atoms with E-state index in [0.717, 1.165) is 0 Å². The molecule has 11 heteroatoms. The maximum atomic E-state index is 12.4. The van der Waals surface area contributed by atoms with Crippen LogP contribution in [0.3, 0.4) is 0 Å². The molecule has 0 heterocycles. The van der Waals surface area contributed by atoms with Crippen molar-refractivity contribution in [1.29, 1.82) is 0 Å². The first-order chi connectivity index (χ1) is 13.8. The van der Waals surface area contributed by atoms with Crippen molar-refractivity contribution in [1.82, 2.24) is 0 Å². The minimum atomic E-state index is -0.805. The van der Waals surface area contributed by atoms with Gasteiger partial charge in [-0.3, -0.25) is 14.9 Å². The number of rotatable bonds is 8. The van der Waals surface area contributed by atoms with E-state index in [4.69, 9.17) is 18.9 Å². The van der Waals surface area contributed by atoms with Crippen LogP contribution in [0, 0.1) is 10.1 Å². The smallest absolute Gasteiger partial charge is 0.342 e. The third kappa shape index (κ3) is 5.35. The third-order valence-electron chi connectivity index (χ3n) is 3.70. The Morgan fingerprint density at radius 2 is 1.66 bits per heavy atom. The molecule has 0 aliphatic rings. The molecule has 0 saturated heterocycles. The first-order valence-corrected chi connectivity index (χ1v) is 8.81. The number of methoxy groups -OCH3 is 3. The van der Waals surface area contributed by atoms with Crippen molar-refractivity contribution in [3.63, 3.8) is 0 Å². The van der Waals surface area contributed by atoms with Crippen LogP contribution in [0.2, 0.25) is 0 Å². The number of anilines is 1. The number of esters is 1. The maximum absolute atomic E-state index is 12.4. The average molecular weight is 469 g/mol. The lowest BCUT2D eigenvalue weighted by atomic mass is 10.1. The summed E-state index contributed by atoms with van der Waals surface area (Å²) in [6.45, 7) is -0.584. The maximum Gasteiger partial charge on any atom is 0.342 e. The fraction of sp³-hybridized carbons (Fsp3) is 0.222. The molecule has 0 spiro atoms. The van der Waals surface area contributed by atoms with Gasteiger partial charge in [-0.15, -0.1) is 0 Å².